The highest BCUT2D eigenvalue weighted by Crippen LogP contribution is 2.27. The van der Waals surface area contributed by atoms with Gasteiger partial charge in [-0.05, 0) is 43.7 Å². The van der Waals surface area contributed by atoms with Crippen LogP contribution in [0.15, 0.2) is 22.3 Å². The second-order valence-electron chi connectivity index (χ2n) is 5.05. The normalized spacial score (nSPS) is 14.5. The Kier molecular flexibility index (Phi) is 3.92. The van der Waals surface area contributed by atoms with Crippen LogP contribution in [-0.2, 0) is 13.0 Å². The van der Waals surface area contributed by atoms with Crippen LogP contribution in [-0.4, -0.2) is 30.8 Å². The van der Waals surface area contributed by atoms with Gasteiger partial charge in [-0.1, -0.05) is 6.42 Å². The number of carboxylic acids is 1. The average Bonchev–Trinajstić information content (AvgIpc) is 2.68. The Labute approximate surface area is 126 Å². The molecule has 0 spiro atoms. The summed E-state index contributed by atoms with van der Waals surface area (Å²) in [4.78, 5) is 15.3. The topological polar surface area (TPSA) is 80.9 Å². The summed E-state index contributed by atoms with van der Waals surface area (Å²) in [6, 6.07) is 3.31. The molecule has 0 radical (unpaired) electrons. The monoisotopic (exact) mass is 304 g/mol. The molecule has 110 valence electrons. The molecule has 7 heteroatoms. The summed E-state index contributed by atoms with van der Waals surface area (Å²) in [7, 11) is 0. The largest absolute Gasteiger partial charge is 0.478 e. The van der Waals surface area contributed by atoms with Crippen LogP contribution in [0.25, 0.3) is 0 Å². The maximum Gasteiger partial charge on any atom is 0.337 e. The Morgan fingerprint density at radius 3 is 2.90 bits per heavy atom. The number of fused-ring (bicyclic) bond motifs is 1. The second-order valence-corrected chi connectivity index (χ2v) is 6.04. The standard InChI is InChI=1S/C14H16N4O2S/c1-9-10(13(19)20)6-7-12(15-9)21-14-17-16-11-5-3-2-4-8-18(11)14/h6-7H,2-5,8H2,1H3,(H,19,20). The van der Waals surface area contributed by atoms with Crippen LogP contribution in [0, 0.1) is 6.92 Å². The molecule has 21 heavy (non-hydrogen) atoms. The molecule has 0 fully saturated rings. The van der Waals surface area contributed by atoms with Crippen molar-refractivity contribution in [1.82, 2.24) is 19.7 Å². The molecule has 2 aromatic heterocycles. The predicted molar refractivity (Wildman–Crippen MR) is 77.6 cm³/mol. The number of aromatic carboxylic acids is 1. The van der Waals surface area contributed by atoms with E-state index in [0.717, 1.165) is 41.8 Å². The molecular weight excluding hydrogens is 288 g/mol. The Morgan fingerprint density at radius 1 is 1.29 bits per heavy atom. The summed E-state index contributed by atoms with van der Waals surface area (Å²) in [6.45, 7) is 2.65. The Bertz CT molecular complexity index is 684. The SMILES string of the molecule is Cc1nc(Sc2nnc3n2CCCCC3)ccc1C(=O)O. The van der Waals surface area contributed by atoms with Gasteiger partial charge in [-0.15, -0.1) is 10.2 Å². The predicted octanol–water partition coefficient (Wildman–Crippen LogP) is 2.56. The summed E-state index contributed by atoms with van der Waals surface area (Å²) in [5.41, 5.74) is 0.752. The number of aryl methyl sites for hydroxylation is 2. The van der Waals surface area contributed by atoms with Gasteiger partial charge in [0.2, 0.25) is 0 Å². The van der Waals surface area contributed by atoms with Crippen LogP contribution in [0.4, 0.5) is 0 Å². The third-order valence-corrected chi connectivity index (χ3v) is 4.48. The third kappa shape index (κ3) is 2.92. The van der Waals surface area contributed by atoms with Crippen molar-refractivity contribution >= 4 is 17.7 Å². The molecule has 0 aromatic carbocycles. The molecule has 2 aromatic rings. The lowest BCUT2D eigenvalue weighted by Crippen LogP contribution is -2.04. The molecule has 0 saturated heterocycles. The van der Waals surface area contributed by atoms with Crippen molar-refractivity contribution in [2.45, 2.75) is 49.3 Å². The molecule has 3 heterocycles. The van der Waals surface area contributed by atoms with E-state index in [2.05, 4.69) is 19.7 Å². The third-order valence-electron chi connectivity index (χ3n) is 3.56. The average molecular weight is 304 g/mol. The van der Waals surface area contributed by atoms with Crippen molar-refractivity contribution in [2.24, 2.45) is 0 Å². The molecule has 3 rings (SSSR count). The summed E-state index contributed by atoms with van der Waals surface area (Å²) >= 11 is 1.44. The summed E-state index contributed by atoms with van der Waals surface area (Å²) in [6.07, 6.45) is 4.49. The first-order chi connectivity index (χ1) is 10.1. The number of rotatable bonds is 3. The molecule has 0 aliphatic carbocycles. The molecule has 0 saturated carbocycles. The second kappa shape index (κ2) is 5.85. The molecular formula is C14H16N4O2S. The van der Waals surface area contributed by atoms with E-state index < -0.39 is 5.97 Å². The fourth-order valence-electron chi connectivity index (χ4n) is 2.45. The van der Waals surface area contributed by atoms with Gasteiger partial charge in [-0.3, -0.25) is 0 Å². The molecule has 1 aliphatic rings. The molecule has 1 aliphatic heterocycles. The van der Waals surface area contributed by atoms with Crippen molar-refractivity contribution in [1.29, 1.82) is 0 Å². The van der Waals surface area contributed by atoms with Crippen molar-refractivity contribution in [3.05, 3.63) is 29.2 Å². The number of carbonyl (C=O) groups is 1. The van der Waals surface area contributed by atoms with E-state index in [9.17, 15) is 4.79 Å². The minimum Gasteiger partial charge on any atom is -0.478 e. The van der Waals surface area contributed by atoms with Crippen molar-refractivity contribution in [2.75, 3.05) is 0 Å². The Hall–Kier alpha value is -1.89. The zero-order valence-corrected chi connectivity index (χ0v) is 12.6. The van der Waals surface area contributed by atoms with Crippen LogP contribution in [0.3, 0.4) is 0 Å². The summed E-state index contributed by atoms with van der Waals surface area (Å²) < 4.78 is 2.15. The van der Waals surface area contributed by atoms with E-state index in [1.54, 1.807) is 19.1 Å². The lowest BCUT2D eigenvalue weighted by molar-refractivity contribution is 0.0695. The molecule has 0 bridgehead atoms. The van der Waals surface area contributed by atoms with Crippen molar-refractivity contribution in [3.63, 3.8) is 0 Å². The number of carboxylic acid groups (broad SMARTS) is 1. The van der Waals surface area contributed by atoms with Gasteiger partial charge >= 0.3 is 5.97 Å². The quantitative estimate of drug-likeness (QED) is 0.938. The molecule has 6 nitrogen and oxygen atoms in total. The molecule has 1 N–H and O–H groups in total. The summed E-state index contributed by atoms with van der Waals surface area (Å²) in [5.74, 6) is 0.0850. The Morgan fingerprint density at radius 2 is 2.14 bits per heavy atom. The van der Waals surface area contributed by atoms with E-state index in [-0.39, 0.29) is 5.56 Å². The van der Waals surface area contributed by atoms with Crippen LogP contribution < -0.4 is 0 Å². The fraction of sp³-hybridized carbons (Fsp3) is 0.429. The smallest absolute Gasteiger partial charge is 0.337 e. The van der Waals surface area contributed by atoms with Crippen molar-refractivity contribution in [3.8, 4) is 0 Å². The van der Waals surface area contributed by atoms with Gasteiger partial charge in [0.1, 0.15) is 10.9 Å². The minimum atomic E-state index is -0.951. The lowest BCUT2D eigenvalue weighted by Gasteiger charge is -2.07. The van der Waals surface area contributed by atoms with Crippen LogP contribution in [0.5, 0.6) is 0 Å². The number of aromatic nitrogens is 4. The number of hydrogen-bond donors (Lipinski definition) is 1. The van der Waals surface area contributed by atoms with E-state index in [1.807, 2.05) is 0 Å². The zero-order valence-electron chi connectivity index (χ0n) is 11.7. The van der Waals surface area contributed by atoms with Gasteiger partial charge in [-0.25, -0.2) is 9.78 Å². The number of pyridine rings is 1. The Balaban J connectivity index is 1.86. The van der Waals surface area contributed by atoms with Gasteiger partial charge in [0.15, 0.2) is 5.16 Å². The maximum atomic E-state index is 11.0. The highest BCUT2D eigenvalue weighted by molar-refractivity contribution is 7.99. The van der Waals surface area contributed by atoms with Crippen LogP contribution >= 0.6 is 11.8 Å². The summed E-state index contributed by atoms with van der Waals surface area (Å²) in [5, 5.41) is 19.1. The van der Waals surface area contributed by atoms with E-state index in [1.165, 1.54) is 18.2 Å². The van der Waals surface area contributed by atoms with Gasteiger partial charge in [0.25, 0.3) is 0 Å². The maximum absolute atomic E-state index is 11.0. The van der Waals surface area contributed by atoms with Gasteiger partial charge < -0.3 is 9.67 Å². The lowest BCUT2D eigenvalue weighted by atomic mass is 10.2. The van der Waals surface area contributed by atoms with Crippen molar-refractivity contribution < 1.29 is 9.90 Å². The highest BCUT2D eigenvalue weighted by atomic mass is 32.2. The van der Waals surface area contributed by atoms with Crippen LogP contribution in [0.2, 0.25) is 0 Å². The molecule has 0 atom stereocenters. The van der Waals surface area contributed by atoms with Gasteiger partial charge in [0, 0.05) is 13.0 Å². The molecule has 0 unspecified atom stereocenters. The first-order valence-corrected chi connectivity index (χ1v) is 7.77. The zero-order chi connectivity index (χ0) is 14.8. The van der Waals surface area contributed by atoms with E-state index in [4.69, 9.17) is 5.11 Å². The van der Waals surface area contributed by atoms with Crippen LogP contribution in [0.1, 0.15) is 41.1 Å². The highest BCUT2D eigenvalue weighted by Gasteiger charge is 2.17. The van der Waals surface area contributed by atoms with E-state index in [0.29, 0.717) is 5.69 Å². The van der Waals surface area contributed by atoms with Gasteiger partial charge in [-0.2, -0.15) is 0 Å². The fourth-order valence-corrected chi connectivity index (χ4v) is 3.34. The number of nitrogens with zero attached hydrogens (tertiary/aromatic N) is 4. The molecule has 0 amide bonds. The first-order valence-electron chi connectivity index (χ1n) is 6.96. The van der Waals surface area contributed by atoms with E-state index >= 15 is 0 Å². The first kappa shape index (κ1) is 14.1. The minimum absolute atomic E-state index is 0.236. The number of hydrogen-bond acceptors (Lipinski definition) is 5. The van der Waals surface area contributed by atoms with Gasteiger partial charge in [0.05, 0.1) is 11.3 Å².